The number of nitrogens with zero attached hydrogens (tertiary/aromatic N) is 1. The Balaban J connectivity index is 2.02. The third kappa shape index (κ3) is 6.37. The third-order valence-electron chi connectivity index (χ3n) is 4.75. The molecule has 0 aliphatic heterocycles. The lowest BCUT2D eigenvalue weighted by Gasteiger charge is -2.19. The molecule has 4 heteroatoms. The molecule has 0 saturated heterocycles. The lowest BCUT2D eigenvalue weighted by molar-refractivity contribution is 0.127. The fraction of sp³-hybridized carbons (Fsp3) is 0.269. The molecular weight excluding hydrogens is 370 g/mol. The standard InChI is InChI=1S/C26H31N3O/c1-8-22-9-11-24(12-10-22)29-21(7)27-14-13-20(6)28-25-18(4)15-23(16-19(25)5)26(30)17(2)3/h1,9-17,26,28-30H,7H2,2-6H3/b20-13+,27-14-. The van der Waals surface area contributed by atoms with E-state index in [9.17, 15) is 5.11 Å². The molecule has 0 aromatic heterocycles. The Hall–Kier alpha value is -3.29. The van der Waals surface area contributed by atoms with Crippen LogP contribution in [0.1, 0.15) is 49.1 Å². The topological polar surface area (TPSA) is 56.7 Å². The fourth-order valence-electron chi connectivity index (χ4n) is 3.08. The number of aliphatic imine (C=N–C) groups is 1. The number of aliphatic hydroxyl groups is 1. The normalized spacial score (nSPS) is 12.7. The molecule has 0 heterocycles. The van der Waals surface area contributed by atoms with E-state index in [1.54, 1.807) is 6.21 Å². The number of nitrogens with one attached hydrogen (secondary N) is 2. The molecule has 2 aromatic carbocycles. The number of aryl methyl sites for hydroxylation is 2. The molecule has 0 aliphatic carbocycles. The van der Waals surface area contributed by atoms with Crippen LogP contribution >= 0.6 is 0 Å². The second kappa shape index (κ2) is 10.5. The summed E-state index contributed by atoms with van der Waals surface area (Å²) in [6, 6.07) is 11.6. The largest absolute Gasteiger partial charge is 0.388 e. The summed E-state index contributed by atoms with van der Waals surface area (Å²) in [6.45, 7) is 14.0. The number of allylic oxidation sites excluding steroid dienone is 2. The van der Waals surface area contributed by atoms with E-state index in [1.807, 2.05) is 77.1 Å². The van der Waals surface area contributed by atoms with E-state index in [-0.39, 0.29) is 5.92 Å². The minimum absolute atomic E-state index is 0.178. The van der Waals surface area contributed by atoms with Gasteiger partial charge in [-0.1, -0.05) is 38.5 Å². The Labute approximate surface area is 180 Å². The maximum Gasteiger partial charge on any atom is 0.122 e. The monoisotopic (exact) mass is 401 g/mol. The zero-order valence-corrected chi connectivity index (χ0v) is 18.5. The van der Waals surface area contributed by atoms with Crippen molar-refractivity contribution < 1.29 is 5.11 Å². The van der Waals surface area contributed by atoms with Crippen molar-refractivity contribution in [3.63, 3.8) is 0 Å². The van der Waals surface area contributed by atoms with Crippen molar-refractivity contribution in [2.24, 2.45) is 10.9 Å². The van der Waals surface area contributed by atoms with Crippen LogP contribution in [0, 0.1) is 32.1 Å². The van der Waals surface area contributed by atoms with E-state index in [4.69, 9.17) is 6.42 Å². The van der Waals surface area contributed by atoms with E-state index < -0.39 is 6.10 Å². The van der Waals surface area contributed by atoms with Crippen molar-refractivity contribution in [1.82, 2.24) is 0 Å². The van der Waals surface area contributed by atoms with E-state index in [0.717, 1.165) is 39.3 Å². The van der Waals surface area contributed by atoms with Crippen molar-refractivity contribution >= 4 is 17.6 Å². The van der Waals surface area contributed by atoms with Gasteiger partial charge in [0.15, 0.2) is 0 Å². The number of benzene rings is 2. The average molecular weight is 402 g/mol. The van der Waals surface area contributed by atoms with Gasteiger partial charge in [0.2, 0.25) is 0 Å². The lowest BCUT2D eigenvalue weighted by atomic mass is 9.95. The summed E-state index contributed by atoms with van der Waals surface area (Å²) < 4.78 is 0. The lowest BCUT2D eigenvalue weighted by Crippen LogP contribution is -2.08. The fourth-order valence-corrected chi connectivity index (χ4v) is 3.08. The molecule has 0 aliphatic rings. The van der Waals surface area contributed by atoms with E-state index in [2.05, 4.69) is 28.1 Å². The SMILES string of the molecule is C#Cc1ccc(NC(=C)/N=C\C=C(/C)Nc2c(C)cc(C(O)C(C)C)cc2C)cc1. The summed E-state index contributed by atoms with van der Waals surface area (Å²) in [5.41, 5.74) is 6.84. The van der Waals surface area contributed by atoms with Crippen LogP contribution in [-0.4, -0.2) is 11.3 Å². The third-order valence-corrected chi connectivity index (χ3v) is 4.75. The van der Waals surface area contributed by atoms with Crippen molar-refractivity contribution in [2.75, 3.05) is 10.6 Å². The Morgan fingerprint density at radius 3 is 2.27 bits per heavy atom. The van der Waals surface area contributed by atoms with Gasteiger partial charge in [-0.05, 0) is 73.7 Å². The number of hydrogen-bond donors (Lipinski definition) is 3. The molecule has 30 heavy (non-hydrogen) atoms. The summed E-state index contributed by atoms with van der Waals surface area (Å²) in [5, 5.41) is 16.9. The second-order valence-electron chi connectivity index (χ2n) is 7.76. The van der Waals surface area contributed by atoms with Crippen LogP contribution in [0.5, 0.6) is 0 Å². The zero-order valence-electron chi connectivity index (χ0n) is 18.5. The van der Waals surface area contributed by atoms with Gasteiger partial charge < -0.3 is 15.7 Å². The van der Waals surface area contributed by atoms with Crippen molar-refractivity contribution in [3.8, 4) is 12.3 Å². The number of terminal acetylenes is 1. The van der Waals surface area contributed by atoms with Crippen LogP contribution in [0.3, 0.4) is 0 Å². The summed E-state index contributed by atoms with van der Waals surface area (Å²) >= 11 is 0. The highest BCUT2D eigenvalue weighted by molar-refractivity contribution is 5.75. The molecule has 3 N–H and O–H groups in total. The molecule has 0 radical (unpaired) electrons. The van der Waals surface area contributed by atoms with Gasteiger partial charge in [0.1, 0.15) is 5.82 Å². The second-order valence-corrected chi connectivity index (χ2v) is 7.76. The predicted molar refractivity (Wildman–Crippen MR) is 129 cm³/mol. The smallest absolute Gasteiger partial charge is 0.122 e. The van der Waals surface area contributed by atoms with Gasteiger partial charge in [-0.2, -0.15) is 0 Å². The van der Waals surface area contributed by atoms with Gasteiger partial charge in [-0.15, -0.1) is 6.42 Å². The van der Waals surface area contributed by atoms with Crippen LogP contribution in [0.2, 0.25) is 0 Å². The molecule has 1 unspecified atom stereocenters. The minimum Gasteiger partial charge on any atom is -0.388 e. The first-order valence-corrected chi connectivity index (χ1v) is 10.0. The highest BCUT2D eigenvalue weighted by atomic mass is 16.3. The Bertz CT molecular complexity index is 969. The molecule has 1 atom stereocenters. The van der Waals surface area contributed by atoms with E-state index in [1.165, 1.54) is 0 Å². The predicted octanol–water partition coefficient (Wildman–Crippen LogP) is 5.94. The molecule has 2 aromatic rings. The van der Waals surface area contributed by atoms with Gasteiger partial charge in [-0.3, -0.25) is 0 Å². The molecule has 156 valence electrons. The van der Waals surface area contributed by atoms with Crippen molar-refractivity contribution in [3.05, 3.63) is 82.8 Å². The first-order valence-electron chi connectivity index (χ1n) is 10.0. The molecular formula is C26H31N3O. The van der Waals surface area contributed by atoms with E-state index >= 15 is 0 Å². The number of hydrogen-bond acceptors (Lipinski definition) is 4. The van der Waals surface area contributed by atoms with Crippen molar-refractivity contribution in [1.29, 1.82) is 0 Å². The summed E-state index contributed by atoms with van der Waals surface area (Å²) in [7, 11) is 0. The molecule has 4 nitrogen and oxygen atoms in total. The summed E-state index contributed by atoms with van der Waals surface area (Å²) in [5.74, 6) is 3.30. The van der Waals surface area contributed by atoms with Gasteiger partial charge in [0.05, 0.1) is 6.10 Å². The molecule has 0 amide bonds. The molecule has 0 fully saturated rings. The zero-order chi connectivity index (χ0) is 22.3. The molecule has 2 rings (SSSR count). The molecule has 0 bridgehead atoms. The van der Waals surface area contributed by atoms with Gasteiger partial charge in [-0.25, -0.2) is 4.99 Å². The highest BCUT2D eigenvalue weighted by Gasteiger charge is 2.14. The summed E-state index contributed by atoms with van der Waals surface area (Å²) in [4.78, 5) is 4.32. The average Bonchev–Trinajstić information content (AvgIpc) is 2.70. The number of rotatable bonds is 8. The van der Waals surface area contributed by atoms with Crippen molar-refractivity contribution in [2.45, 2.75) is 40.7 Å². The molecule has 0 spiro atoms. The Morgan fingerprint density at radius 2 is 1.73 bits per heavy atom. The number of anilines is 2. The van der Waals surface area contributed by atoms with Crippen LogP contribution < -0.4 is 10.6 Å². The van der Waals surface area contributed by atoms with Crippen LogP contribution in [0.25, 0.3) is 0 Å². The van der Waals surface area contributed by atoms with Crippen LogP contribution in [0.15, 0.2) is 65.6 Å². The van der Waals surface area contributed by atoms with E-state index in [0.29, 0.717) is 5.82 Å². The van der Waals surface area contributed by atoms with Gasteiger partial charge in [0, 0.05) is 28.8 Å². The number of aliphatic hydroxyl groups excluding tert-OH is 1. The quantitative estimate of drug-likeness (QED) is 0.379. The minimum atomic E-state index is -0.457. The van der Waals surface area contributed by atoms with Crippen LogP contribution in [-0.2, 0) is 0 Å². The first kappa shape index (κ1) is 23.0. The summed E-state index contributed by atoms with van der Waals surface area (Å²) in [6.07, 6.45) is 8.51. The maximum absolute atomic E-state index is 10.3. The van der Waals surface area contributed by atoms with Gasteiger partial charge in [0.25, 0.3) is 0 Å². The Kier molecular flexibility index (Phi) is 8.03. The maximum atomic E-state index is 10.3. The molecule has 0 saturated carbocycles. The van der Waals surface area contributed by atoms with Crippen LogP contribution in [0.4, 0.5) is 11.4 Å². The Morgan fingerprint density at radius 1 is 1.13 bits per heavy atom. The first-order chi connectivity index (χ1) is 14.2. The van der Waals surface area contributed by atoms with Gasteiger partial charge >= 0.3 is 0 Å². The highest BCUT2D eigenvalue weighted by Crippen LogP contribution is 2.29.